The number of hydrogen-bond donors (Lipinski definition) is 2. The molecule has 0 aromatic heterocycles. The largest absolute Gasteiger partial charge is 0.383 e. The Balaban J connectivity index is 2.49. The first-order chi connectivity index (χ1) is 15.9. The van der Waals surface area contributed by atoms with Crippen LogP contribution in [-0.4, -0.2) is 78.4 Å². The van der Waals surface area contributed by atoms with Gasteiger partial charge in [0.05, 0.1) is 19.3 Å². The van der Waals surface area contributed by atoms with Crippen molar-refractivity contribution in [3.63, 3.8) is 0 Å². The summed E-state index contributed by atoms with van der Waals surface area (Å²) in [5, 5.41) is 20.2. The molecule has 2 aromatic rings. The van der Waals surface area contributed by atoms with Crippen molar-refractivity contribution in [2.75, 3.05) is 40.5 Å². The molecule has 0 bridgehead atoms. The standard InChI is InChI=1S/C27H37NO6/c1-26(2,31)24(29)21-11-7-19(8-12-21)23(28(15-17-33-5)16-18-34-6)20-9-13-22(14-10-20)25(30)27(3,4)32/h7-14,23,31-32H,15-18H2,1-6H3. The molecule has 0 unspecified atom stereocenters. The Labute approximate surface area is 202 Å². The van der Waals surface area contributed by atoms with Gasteiger partial charge >= 0.3 is 0 Å². The fourth-order valence-corrected chi connectivity index (χ4v) is 3.74. The summed E-state index contributed by atoms with van der Waals surface area (Å²) in [6.45, 7) is 8.20. The molecule has 0 aliphatic rings. The molecule has 0 amide bonds. The van der Waals surface area contributed by atoms with E-state index in [1.165, 1.54) is 27.7 Å². The molecule has 0 aliphatic heterocycles. The van der Waals surface area contributed by atoms with Gasteiger partial charge in [0.2, 0.25) is 0 Å². The Bertz CT molecular complexity index is 862. The van der Waals surface area contributed by atoms with Crippen molar-refractivity contribution in [3.05, 3.63) is 70.8 Å². The van der Waals surface area contributed by atoms with E-state index >= 15 is 0 Å². The predicted octanol–water partition coefficient (Wildman–Crippen LogP) is 3.28. The van der Waals surface area contributed by atoms with Crippen LogP contribution in [0.3, 0.4) is 0 Å². The molecule has 34 heavy (non-hydrogen) atoms. The van der Waals surface area contributed by atoms with E-state index in [4.69, 9.17) is 9.47 Å². The molecule has 186 valence electrons. The lowest BCUT2D eigenvalue weighted by molar-refractivity contribution is 0.0487. The fraction of sp³-hybridized carbons (Fsp3) is 0.481. The molecular weight excluding hydrogens is 434 g/mol. The van der Waals surface area contributed by atoms with Crippen LogP contribution in [0.1, 0.15) is 65.6 Å². The molecule has 0 fully saturated rings. The topological polar surface area (TPSA) is 96.3 Å². The van der Waals surface area contributed by atoms with E-state index in [0.717, 1.165) is 11.1 Å². The van der Waals surface area contributed by atoms with Gasteiger partial charge in [0, 0.05) is 38.4 Å². The maximum atomic E-state index is 12.5. The number of aliphatic hydroxyl groups is 2. The number of carbonyl (C=O) groups is 2. The molecule has 0 spiro atoms. The van der Waals surface area contributed by atoms with Gasteiger partial charge in [0.25, 0.3) is 0 Å². The van der Waals surface area contributed by atoms with Crippen LogP contribution < -0.4 is 0 Å². The summed E-state index contributed by atoms with van der Waals surface area (Å²) in [7, 11) is 3.30. The van der Waals surface area contributed by atoms with Crippen LogP contribution in [0.4, 0.5) is 0 Å². The Morgan fingerprint density at radius 2 is 1.06 bits per heavy atom. The zero-order chi connectivity index (χ0) is 25.5. The first-order valence-corrected chi connectivity index (χ1v) is 11.4. The van der Waals surface area contributed by atoms with Gasteiger partial charge in [-0.1, -0.05) is 48.5 Å². The molecule has 2 rings (SSSR count). The third-order valence-electron chi connectivity index (χ3n) is 5.62. The number of nitrogens with zero attached hydrogens (tertiary/aromatic N) is 1. The van der Waals surface area contributed by atoms with Gasteiger partial charge in [-0.3, -0.25) is 14.5 Å². The van der Waals surface area contributed by atoms with E-state index in [0.29, 0.717) is 37.4 Å². The molecule has 7 heteroatoms. The molecule has 2 aromatic carbocycles. The monoisotopic (exact) mass is 471 g/mol. The second-order valence-electron chi connectivity index (χ2n) is 9.44. The van der Waals surface area contributed by atoms with Crippen LogP contribution in [0, 0.1) is 0 Å². The third-order valence-corrected chi connectivity index (χ3v) is 5.62. The Hall–Kier alpha value is -2.42. The van der Waals surface area contributed by atoms with Crippen LogP contribution in [0.15, 0.2) is 48.5 Å². The number of methoxy groups -OCH3 is 2. The lowest BCUT2D eigenvalue weighted by Crippen LogP contribution is -2.35. The van der Waals surface area contributed by atoms with Crippen molar-refractivity contribution in [1.82, 2.24) is 4.90 Å². The van der Waals surface area contributed by atoms with Crippen molar-refractivity contribution in [3.8, 4) is 0 Å². The van der Waals surface area contributed by atoms with Gasteiger partial charge in [-0.05, 0) is 38.8 Å². The fourth-order valence-electron chi connectivity index (χ4n) is 3.74. The van der Waals surface area contributed by atoms with Crippen LogP contribution >= 0.6 is 0 Å². The van der Waals surface area contributed by atoms with Crippen LogP contribution in [0.5, 0.6) is 0 Å². The number of benzene rings is 2. The zero-order valence-electron chi connectivity index (χ0n) is 21.0. The van der Waals surface area contributed by atoms with Gasteiger partial charge in [-0.2, -0.15) is 0 Å². The summed E-state index contributed by atoms with van der Waals surface area (Å²) in [6.07, 6.45) is 0. The highest BCUT2D eigenvalue weighted by molar-refractivity contribution is 6.02. The summed E-state index contributed by atoms with van der Waals surface area (Å²) in [5.41, 5.74) is -0.149. The van der Waals surface area contributed by atoms with Crippen LogP contribution in [0.25, 0.3) is 0 Å². The minimum Gasteiger partial charge on any atom is -0.383 e. The molecule has 0 radical (unpaired) electrons. The summed E-state index contributed by atoms with van der Waals surface area (Å²) >= 11 is 0. The van der Waals surface area contributed by atoms with Crippen molar-refractivity contribution in [2.24, 2.45) is 0 Å². The highest BCUT2D eigenvalue weighted by atomic mass is 16.5. The van der Waals surface area contributed by atoms with Gasteiger partial charge in [0.15, 0.2) is 11.6 Å². The zero-order valence-corrected chi connectivity index (χ0v) is 21.0. The van der Waals surface area contributed by atoms with E-state index in [-0.39, 0.29) is 17.6 Å². The predicted molar refractivity (Wildman–Crippen MR) is 131 cm³/mol. The number of Topliss-reactive ketones (excluding diaryl/α,β-unsaturated/α-hetero) is 2. The number of hydrogen-bond acceptors (Lipinski definition) is 7. The van der Waals surface area contributed by atoms with Crippen LogP contribution in [-0.2, 0) is 9.47 Å². The number of rotatable bonds is 13. The van der Waals surface area contributed by atoms with E-state index in [1.807, 2.05) is 24.3 Å². The summed E-state index contributed by atoms with van der Waals surface area (Å²) < 4.78 is 10.6. The molecule has 7 nitrogen and oxygen atoms in total. The molecule has 0 atom stereocenters. The lowest BCUT2D eigenvalue weighted by Gasteiger charge is -2.32. The van der Waals surface area contributed by atoms with Gasteiger partial charge < -0.3 is 19.7 Å². The van der Waals surface area contributed by atoms with Crippen molar-refractivity contribution < 1.29 is 29.3 Å². The first kappa shape index (κ1) is 27.8. The van der Waals surface area contributed by atoms with Crippen molar-refractivity contribution in [2.45, 2.75) is 44.9 Å². The minimum absolute atomic E-state index is 0.192. The maximum Gasteiger partial charge on any atom is 0.193 e. The van der Waals surface area contributed by atoms with Crippen LogP contribution in [0.2, 0.25) is 0 Å². The molecule has 0 aliphatic carbocycles. The number of ether oxygens (including phenoxy) is 2. The molecule has 0 saturated heterocycles. The Kier molecular flexibility index (Phi) is 9.67. The smallest absolute Gasteiger partial charge is 0.193 e. The lowest BCUT2D eigenvalue weighted by atomic mass is 9.91. The average Bonchev–Trinajstić information content (AvgIpc) is 2.79. The molecule has 0 heterocycles. The maximum absolute atomic E-state index is 12.5. The number of ketones is 2. The van der Waals surface area contributed by atoms with E-state index < -0.39 is 11.2 Å². The SMILES string of the molecule is COCCN(CCOC)C(c1ccc(C(=O)C(C)(C)O)cc1)c1ccc(C(=O)C(C)(C)O)cc1. The third kappa shape index (κ3) is 7.29. The highest BCUT2D eigenvalue weighted by Gasteiger charge is 2.28. The summed E-state index contributed by atoms with van der Waals surface area (Å²) in [6, 6.07) is 14.2. The molecular formula is C27H37NO6. The minimum atomic E-state index is -1.45. The Morgan fingerprint density at radius 1 is 0.735 bits per heavy atom. The molecule has 2 N–H and O–H groups in total. The Morgan fingerprint density at radius 3 is 1.32 bits per heavy atom. The summed E-state index contributed by atoms with van der Waals surface area (Å²) in [4.78, 5) is 27.2. The first-order valence-electron chi connectivity index (χ1n) is 11.4. The van der Waals surface area contributed by atoms with Gasteiger partial charge in [-0.15, -0.1) is 0 Å². The summed E-state index contributed by atoms with van der Waals surface area (Å²) in [5.74, 6) is -0.693. The van der Waals surface area contributed by atoms with Gasteiger partial charge in [-0.25, -0.2) is 0 Å². The van der Waals surface area contributed by atoms with E-state index in [1.54, 1.807) is 38.5 Å². The quantitative estimate of drug-likeness (QED) is 0.433. The normalized spacial score (nSPS) is 12.4. The second kappa shape index (κ2) is 11.8. The number of carbonyl (C=O) groups excluding carboxylic acids is 2. The van der Waals surface area contributed by atoms with Gasteiger partial charge in [0.1, 0.15) is 11.2 Å². The van der Waals surface area contributed by atoms with Crippen molar-refractivity contribution >= 4 is 11.6 Å². The molecule has 0 saturated carbocycles. The second-order valence-corrected chi connectivity index (χ2v) is 9.44. The highest BCUT2D eigenvalue weighted by Crippen LogP contribution is 2.30. The van der Waals surface area contributed by atoms with Crippen molar-refractivity contribution in [1.29, 1.82) is 0 Å². The van der Waals surface area contributed by atoms with E-state index in [2.05, 4.69) is 4.90 Å². The average molecular weight is 472 g/mol. The van der Waals surface area contributed by atoms with E-state index in [9.17, 15) is 19.8 Å².